The van der Waals surface area contributed by atoms with Gasteiger partial charge in [-0.05, 0) is 43.4 Å². The number of aliphatic hydroxyl groups is 1. The van der Waals surface area contributed by atoms with Crippen LogP contribution in [-0.4, -0.2) is 96.7 Å². The van der Waals surface area contributed by atoms with E-state index in [0.717, 1.165) is 108 Å². The zero-order valence-electron chi connectivity index (χ0n) is 66.4. The standard InChI is InChI=1S/C82H160O17P2/c1-8-10-11-12-13-14-15-16-17-18-19-20-24-29-34-42-49-56-63-79(84)92-69-77(98-81(86)65-58-51-44-35-30-25-22-21-23-28-33-41-48-55-62-75(7)9-2)71-96-100(88,89)94-67-76(83)68-95-101(90,91)97-72-78(70-93-80(85)64-57-50-43-38-37-40-47-54-61-74(5)6)99-82(87)66-59-52-45-36-31-26-27-32-39-46-53-60-73(3)4/h73-78,83H,8-72H2,1-7H3,(H,88,89)(H,90,91)/t75?,76-,77-,78-/m1/s1. The van der Waals surface area contributed by atoms with Crippen LogP contribution in [0.1, 0.15) is 427 Å². The quantitative estimate of drug-likeness (QED) is 0.0222. The van der Waals surface area contributed by atoms with Crippen molar-refractivity contribution >= 4 is 39.5 Å². The summed E-state index contributed by atoms with van der Waals surface area (Å²) in [5.41, 5.74) is 0. The van der Waals surface area contributed by atoms with Crippen molar-refractivity contribution < 1.29 is 80.2 Å². The molecule has 17 nitrogen and oxygen atoms in total. The molecule has 0 fully saturated rings. The van der Waals surface area contributed by atoms with Gasteiger partial charge in [0.2, 0.25) is 0 Å². The van der Waals surface area contributed by atoms with Crippen LogP contribution in [0.15, 0.2) is 0 Å². The lowest BCUT2D eigenvalue weighted by atomic mass is 9.99. The lowest BCUT2D eigenvalue weighted by molar-refractivity contribution is -0.161. The first-order valence-corrected chi connectivity index (χ1v) is 45.4. The van der Waals surface area contributed by atoms with E-state index in [9.17, 15) is 43.2 Å². The molecule has 6 atom stereocenters. The highest BCUT2D eigenvalue weighted by atomic mass is 31.2. The number of rotatable bonds is 80. The van der Waals surface area contributed by atoms with E-state index in [4.69, 9.17) is 37.0 Å². The molecule has 0 radical (unpaired) electrons. The number of carbonyl (C=O) groups is 4. The molecular weight excluding hydrogens is 1320 g/mol. The van der Waals surface area contributed by atoms with E-state index in [1.165, 1.54) is 238 Å². The number of aliphatic hydroxyl groups excluding tert-OH is 1. The van der Waals surface area contributed by atoms with Gasteiger partial charge in [-0.25, -0.2) is 9.13 Å². The lowest BCUT2D eigenvalue weighted by Gasteiger charge is -2.21. The minimum Gasteiger partial charge on any atom is -0.462 e. The molecule has 0 bridgehead atoms. The van der Waals surface area contributed by atoms with Crippen molar-refractivity contribution in [3.8, 4) is 0 Å². The fraction of sp³-hybridized carbons (Fsp3) is 0.951. The molecule has 0 aliphatic carbocycles. The molecule has 0 aromatic carbocycles. The highest BCUT2D eigenvalue weighted by Gasteiger charge is 2.30. The lowest BCUT2D eigenvalue weighted by Crippen LogP contribution is -2.30. The normalized spacial score (nSPS) is 14.2. The van der Waals surface area contributed by atoms with Gasteiger partial charge in [0, 0.05) is 25.7 Å². The zero-order chi connectivity index (χ0) is 74.4. The molecule has 0 saturated carbocycles. The number of ether oxygens (including phenoxy) is 4. The third-order valence-electron chi connectivity index (χ3n) is 19.5. The van der Waals surface area contributed by atoms with Crippen molar-refractivity contribution in [3.05, 3.63) is 0 Å². The van der Waals surface area contributed by atoms with Gasteiger partial charge in [-0.2, -0.15) is 0 Å². The van der Waals surface area contributed by atoms with Crippen LogP contribution in [0.3, 0.4) is 0 Å². The average Bonchev–Trinajstić information content (AvgIpc) is 0.913. The average molecular weight is 1480 g/mol. The minimum absolute atomic E-state index is 0.106. The summed E-state index contributed by atoms with van der Waals surface area (Å²) < 4.78 is 68.8. The van der Waals surface area contributed by atoms with Crippen LogP contribution in [0.2, 0.25) is 0 Å². The van der Waals surface area contributed by atoms with Crippen molar-refractivity contribution in [2.75, 3.05) is 39.6 Å². The number of esters is 4. The number of phosphoric acid groups is 2. The second-order valence-corrected chi connectivity index (χ2v) is 33.6. The summed E-state index contributed by atoms with van der Waals surface area (Å²) in [5, 5.41) is 10.7. The molecule has 0 aromatic heterocycles. The minimum atomic E-state index is -4.96. The van der Waals surface area contributed by atoms with Crippen LogP contribution in [-0.2, 0) is 65.4 Å². The van der Waals surface area contributed by atoms with Crippen molar-refractivity contribution in [1.82, 2.24) is 0 Å². The molecular formula is C82H160O17P2. The second kappa shape index (κ2) is 72.3. The molecule has 0 amide bonds. The van der Waals surface area contributed by atoms with Gasteiger partial charge in [0.25, 0.3) is 0 Å². The third kappa shape index (κ3) is 74.7. The number of carbonyl (C=O) groups excluding carboxylic acids is 4. The molecule has 0 aliphatic heterocycles. The fourth-order valence-electron chi connectivity index (χ4n) is 12.6. The Hall–Kier alpha value is -1.94. The summed E-state index contributed by atoms with van der Waals surface area (Å²) in [6.07, 6.45) is 61.0. The topological polar surface area (TPSA) is 237 Å². The number of unbranched alkanes of at least 4 members (excludes halogenated alkanes) is 47. The molecule has 19 heteroatoms. The third-order valence-corrected chi connectivity index (χ3v) is 21.4. The van der Waals surface area contributed by atoms with E-state index in [-0.39, 0.29) is 25.7 Å². The molecule has 600 valence electrons. The summed E-state index contributed by atoms with van der Waals surface area (Å²) in [5.74, 6) is 0.228. The van der Waals surface area contributed by atoms with Crippen LogP contribution in [0.4, 0.5) is 0 Å². The van der Waals surface area contributed by atoms with Gasteiger partial charge >= 0.3 is 39.5 Å². The van der Waals surface area contributed by atoms with Gasteiger partial charge in [0.15, 0.2) is 12.2 Å². The van der Waals surface area contributed by atoms with Gasteiger partial charge in [-0.15, -0.1) is 0 Å². The van der Waals surface area contributed by atoms with E-state index < -0.39 is 97.5 Å². The van der Waals surface area contributed by atoms with Crippen LogP contribution >= 0.6 is 15.6 Å². The monoisotopic (exact) mass is 1480 g/mol. The summed E-state index contributed by atoms with van der Waals surface area (Å²) >= 11 is 0. The molecule has 101 heavy (non-hydrogen) atoms. The maximum atomic E-state index is 13.1. The van der Waals surface area contributed by atoms with Crippen LogP contribution in [0.5, 0.6) is 0 Å². The van der Waals surface area contributed by atoms with E-state index in [1.54, 1.807) is 0 Å². The van der Waals surface area contributed by atoms with E-state index in [2.05, 4.69) is 48.5 Å². The van der Waals surface area contributed by atoms with Gasteiger partial charge in [0.05, 0.1) is 26.4 Å². The number of hydrogen-bond donors (Lipinski definition) is 3. The predicted molar refractivity (Wildman–Crippen MR) is 414 cm³/mol. The first-order valence-electron chi connectivity index (χ1n) is 42.4. The molecule has 0 aliphatic rings. The summed E-state index contributed by atoms with van der Waals surface area (Å²) in [6.45, 7) is 12.0. The Morgan fingerprint density at radius 1 is 0.287 bits per heavy atom. The summed E-state index contributed by atoms with van der Waals surface area (Å²) in [4.78, 5) is 73.1. The molecule has 3 unspecified atom stereocenters. The molecule has 0 heterocycles. The Labute approximate surface area is 619 Å². The van der Waals surface area contributed by atoms with Crippen molar-refractivity contribution in [3.63, 3.8) is 0 Å². The Bertz CT molecular complexity index is 1960. The van der Waals surface area contributed by atoms with E-state index >= 15 is 0 Å². The predicted octanol–water partition coefficient (Wildman–Crippen LogP) is 24.5. The Kier molecular flexibility index (Phi) is 70.9. The molecule has 0 rings (SSSR count). The Morgan fingerprint density at radius 2 is 0.505 bits per heavy atom. The summed E-state index contributed by atoms with van der Waals surface area (Å²) in [7, 11) is -9.92. The van der Waals surface area contributed by atoms with Gasteiger partial charge in [0.1, 0.15) is 19.3 Å². The fourth-order valence-corrected chi connectivity index (χ4v) is 14.2. The van der Waals surface area contributed by atoms with Crippen molar-refractivity contribution in [1.29, 1.82) is 0 Å². The van der Waals surface area contributed by atoms with Gasteiger partial charge < -0.3 is 33.8 Å². The smallest absolute Gasteiger partial charge is 0.462 e. The molecule has 3 N–H and O–H groups in total. The SMILES string of the molecule is CCCCCCCCCCCCCCCCCCCCC(=O)OC[C@H](COP(=O)(O)OC[C@@H](O)COP(=O)(O)OC[C@@H](COC(=O)CCCCCCCCCCC(C)C)OC(=O)CCCCCCCCCCCCCC(C)C)OC(=O)CCCCCCCCCCCCCCCCC(C)CC. The largest absolute Gasteiger partial charge is 0.472 e. The second-order valence-electron chi connectivity index (χ2n) is 30.7. The maximum Gasteiger partial charge on any atom is 0.472 e. The van der Waals surface area contributed by atoms with Crippen molar-refractivity contribution in [2.24, 2.45) is 17.8 Å². The molecule has 0 spiro atoms. The zero-order valence-corrected chi connectivity index (χ0v) is 68.2. The van der Waals surface area contributed by atoms with Crippen LogP contribution in [0.25, 0.3) is 0 Å². The maximum absolute atomic E-state index is 13.1. The van der Waals surface area contributed by atoms with Gasteiger partial charge in [-0.1, -0.05) is 376 Å². The molecule has 0 aromatic rings. The molecule has 0 saturated heterocycles. The highest BCUT2D eigenvalue weighted by Crippen LogP contribution is 2.45. The van der Waals surface area contributed by atoms with Gasteiger partial charge in [-0.3, -0.25) is 37.3 Å². The summed E-state index contributed by atoms with van der Waals surface area (Å²) in [6, 6.07) is 0. The number of phosphoric ester groups is 2. The first-order chi connectivity index (χ1) is 48.8. The van der Waals surface area contributed by atoms with Crippen molar-refractivity contribution in [2.45, 2.75) is 446 Å². The number of hydrogen-bond acceptors (Lipinski definition) is 15. The highest BCUT2D eigenvalue weighted by molar-refractivity contribution is 7.47. The Balaban J connectivity index is 5.25. The van der Waals surface area contributed by atoms with Crippen LogP contribution in [0, 0.1) is 17.8 Å². The van der Waals surface area contributed by atoms with E-state index in [0.29, 0.717) is 25.7 Å². The first kappa shape index (κ1) is 99.1. The van der Waals surface area contributed by atoms with Crippen LogP contribution < -0.4 is 0 Å². The van der Waals surface area contributed by atoms with E-state index in [1.807, 2.05) is 0 Å². The Morgan fingerprint density at radius 3 is 0.752 bits per heavy atom.